The monoisotopic (exact) mass is 529 g/mol. The van der Waals surface area contributed by atoms with Gasteiger partial charge in [-0.1, -0.05) is 65.3 Å². The summed E-state index contributed by atoms with van der Waals surface area (Å²) < 4.78 is 15.9. The fourth-order valence-electron chi connectivity index (χ4n) is 3.60. The molecular formula is C26H22Cl2FN3O2S. The highest BCUT2D eigenvalue weighted by atomic mass is 35.5. The van der Waals surface area contributed by atoms with Crippen molar-refractivity contribution in [2.45, 2.75) is 24.4 Å². The molecule has 1 heterocycles. The number of para-hydroxylation sites is 2. The van der Waals surface area contributed by atoms with Crippen molar-refractivity contribution in [1.29, 1.82) is 0 Å². The number of fused-ring (bicyclic) bond motifs is 1. The molecule has 0 saturated carbocycles. The van der Waals surface area contributed by atoms with E-state index >= 15 is 0 Å². The van der Waals surface area contributed by atoms with E-state index in [9.17, 15) is 14.0 Å². The van der Waals surface area contributed by atoms with Crippen LogP contribution in [0.5, 0.6) is 0 Å². The zero-order valence-corrected chi connectivity index (χ0v) is 21.0. The number of amides is 1. The normalized spacial score (nSPS) is 11.1. The summed E-state index contributed by atoms with van der Waals surface area (Å²) in [4.78, 5) is 30.0. The topological polar surface area (TPSA) is 64.0 Å². The number of nitrogens with one attached hydrogen (secondary N) is 1. The minimum Gasteiger partial charge on any atom is -0.356 e. The van der Waals surface area contributed by atoms with Crippen LogP contribution in [0, 0.1) is 5.82 Å². The molecule has 9 heteroatoms. The summed E-state index contributed by atoms with van der Waals surface area (Å²) in [6.45, 7) is 0.465. The summed E-state index contributed by atoms with van der Waals surface area (Å²) in [6, 6.07) is 18.4. The molecule has 0 atom stereocenters. The predicted octanol–water partition coefficient (Wildman–Crippen LogP) is 6.06. The molecular weight excluding hydrogens is 508 g/mol. The third-order valence-electron chi connectivity index (χ3n) is 5.35. The van der Waals surface area contributed by atoms with Crippen molar-refractivity contribution < 1.29 is 9.18 Å². The van der Waals surface area contributed by atoms with Crippen molar-refractivity contribution >= 4 is 51.8 Å². The largest absolute Gasteiger partial charge is 0.356 e. The van der Waals surface area contributed by atoms with Gasteiger partial charge in [-0.05, 0) is 54.8 Å². The first-order valence-electron chi connectivity index (χ1n) is 11.0. The molecule has 0 radical (unpaired) electrons. The van der Waals surface area contributed by atoms with Crippen LogP contribution in [-0.4, -0.2) is 27.8 Å². The average Bonchev–Trinajstić information content (AvgIpc) is 2.84. The minimum atomic E-state index is -0.506. The van der Waals surface area contributed by atoms with Gasteiger partial charge in [0.25, 0.3) is 5.56 Å². The molecule has 1 amide bonds. The van der Waals surface area contributed by atoms with E-state index < -0.39 is 5.82 Å². The lowest BCUT2D eigenvalue weighted by Gasteiger charge is -2.13. The number of carbonyl (C=O) groups excluding carboxylic acids is 1. The van der Waals surface area contributed by atoms with Crippen molar-refractivity contribution in [3.63, 3.8) is 0 Å². The van der Waals surface area contributed by atoms with Crippen LogP contribution >= 0.6 is 35.0 Å². The lowest BCUT2D eigenvalue weighted by molar-refractivity contribution is -0.121. The Balaban J connectivity index is 1.38. The van der Waals surface area contributed by atoms with Gasteiger partial charge in [0, 0.05) is 28.8 Å². The van der Waals surface area contributed by atoms with E-state index in [0.717, 1.165) is 5.56 Å². The third-order valence-corrected chi connectivity index (χ3v) is 6.96. The van der Waals surface area contributed by atoms with Gasteiger partial charge in [-0.15, -0.1) is 0 Å². The van der Waals surface area contributed by atoms with Crippen molar-refractivity contribution in [2.75, 3.05) is 12.3 Å². The first kappa shape index (κ1) is 25.2. The molecule has 35 heavy (non-hydrogen) atoms. The van der Waals surface area contributed by atoms with Crippen LogP contribution in [-0.2, 0) is 11.2 Å². The number of halogens is 3. The van der Waals surface area contributed by atoms with Crippen LogP contribution in [0.4, 0.5) is 4.39 Å². The molecule has 0 saturated heterocycles. The summed E-state index contributed by atoms with van der Waals surface area (Å²) in [6.07, 6.45) is 1.49. The standard InChI is InChI=1S/C26H22Cl2FN3O2S/c27-18-12-11-17(20(28)16-18)13-14-30-24(33)10-5-15-35-26-31-22-8-3-1-6-19(22)25(34)32(26)23-9-4-2-7-21(23)29/h1-4,6-9,11-12,16H,5,10,13-15H2,(H,30,33). The van der Waals surface area contributed by atoms with E-state index in [1.165, 1.54) is 22.4 Å². The molecule has 0 aliphatic rings. The predicted molar refractivity (Wildman–Crippen MR) is 140 cm³/mol. The molecule has 0 aliphatic carbocycles. The first-order valence-corrected chi connectivity index (χ1v) is 12.8. The summed E-state index contributed by atoms with van der Waals surface area (Å²) in [5, 5.41) is 4.84. The van der Waals surface area contributed by atoms with E-state index in [0.29, 0.717) is 57.7 Å². The lowest BCUT2D eigenvalue weighted by atomic mass is 10.1. The average molecular weight is 530 g/mol. The second kappa shape index (κ2) is 11.7. The molecule has 0 fully saturated rings. The number of hydrogen-bond acceptors (Lipinski definition) is 4. The second-order valence-electron chi connectivity index (χ2n) is 7.79. The Bertz CT molecular complexity index is 1430. The SMILES string of the molecule is O=C(CCCSc1nc2ccccc2c(=O)n1-c1ccccc1F)NCCc1ccc(Cl)cc1Cl. The van der Waals surface area contributed by atoms with Gasteiger partial charge in [-0.3, -0.25) is 14.2 Å². The Morgan fingerprint density at radius 1 is 1.06 bits per heavy atom. The zero-order chi connectivity index (χ0) is 24.8. The number of hydrogen-bond donors (Lipinski definition) is 1. The van der Waals surface area contributed by atoms with Gasteiger partial charge in [0.2, 0.25) is 5.91 Å². The number of aromatic nitrogens is 2. The Hall–Kier alpha value is -2.87. The zero-order valence-electron chi connectivity index (χ0n) is 18.6. The number of carbonyl (C=O) groups is 1. The molecule has 0 unspecified atom stereocenters. The second-order valence-corrected chi connectivity index (χ2v) is 9.70. The van der Waals surface area contributed by atoms with Crippen molar-refractivity contribution in [3.8, 4) is 5.69 Å². The smallest absolute Gasteiger partial charge is 0.266 e. The molecule has 180 valence electrons. The quantitative estimate of drug-likeness (QED) is 0.162. The van der Waals surface area contributed by atoms with Crippen molar-refractivity contribution in [3.05, 3.63) is 98.5 Å². The Labute approximate surface area is 216 Å². The summed E-state index contributed by atoms with van der Waals surface area (Å²) in [5.74, 6) is -0.0438. The molecule has 1 N–H and O–H groups in total. The summed E-state index contributed by atoms with van der Waals surface area (Å²) >= 11 is 13.4. The molecule has 0 bridgehead atoms. The maximum atomic E-state index is 14.6. The summed E-state index contributed by atoms with van der Waals surface area (Å²) in [7, 11) is 0. The van der Waals surface area contributed by atoms with Crippen molar-refractivity contribution in [1.82, 2.24) is 14.9 Å². The molecule has 5 nitrogen and oxygen atoms in total. The van der Waals surface area contributed by atoms with Gasteiger partial charge in [-0.25, -0.2) is 9.37 Å². The van der Waals surface area contributed by atoms with Crippen LogP contribution in [0.2, 0.25) is 10.0 Å². The molecule has 0 spiro atoms. The van der Waals surface area contributed by atoms with E-state index in [1.54, 1.807) is 54.6 Å². The molecule has 3 aromatic carbocycles. The summed E-state index contributed by atoms with van der Waals surface area (Å²) in [5.41, 5.74) is 1.28. The van der Waals surface area contributed by atoms with Crippen LogP contribution < -0.4 is 10.9 Å². The fraction of sp³-hybridized carbons (Fsp3) is 0.192. The van der Waals surface area contributed by atoms with Gasteiger partial charge in [-0.2, -0.15) is 0 Å². The van der Waals surface area contributed by atoms with Gasteiger partial charge < -0.3 is 5.32 Å². The first-order chi connectivity index (χ1) is 16.9. The Morgan fingerprint density at radius 3 is 2.63 bits per heavy atom. The Morgan fingerprint density at radius 2 is 1.83 bits per heavy atom. The molecule has 4 aromatic rings. The highest BCUT2D eigenvalue weighted by Gasteiger charge is 2.16. The van der Waals surface area contributed by atoms with E-state index in [-0.39, 0.29) is 17.2 Å². The Kier molecular flexibility index (Phi) is 8.44. The molecule has 0 aliphatic heterocycles. The fourth-order valence-corrected chi connectivity index (χ4v) is 5.05. The van der Waals surface area contributed by atoms with E-state index in [4.69, 9.17) is 23.2 Å². The van der Waals surface area contributed by atoms with Crippen LogP contribution in [0.1, 0.15) is 18.4 Å². The maximum absolute atomic E-state index is 14.6. The van der Waals surface area contributed by atoms with E-state index in [2.05, 4.69) is 10.3 Å². The van der Waals surface area contributed by atoms with Crippen molar-refractivity contribution in [2.24, 2.45) is 0 Å². The number of rotatable bonds is 9. The van der Waals surface area contributed by atoms with Crippen LogP contribution in [0.15, 0.2) is 76.7 Å². The third kappa shape index (κ3) is 6.23. The maximum Gasteiger partial charge on any atom is 0.266 e. The van der Waals surface area contributed by atoms with Crippen LogP contribution in [0.3, 0.4) is 0 Å². The number of thioether (sulfide) groups is 1. The number of nitrogens with zero attached hydrogens (tertiary/aromatic N) is 2. The lowest BCUT2D eigenvalue weighted by Crippen LogP contribution is -2.25. The highest BCUT2D eigenvalue weighted by molar-refractivity contribution is 7.99. The van der Waals surface area contributed by atoms with Crippen LogP contribution in [0.25, 0.3) is 16.6 Å². The molecule has 1 aromatic heterocycles. The van der Waals surface area contributed by atoms with Gasteiger partial charge in [0.15, 0.2) is 5.16 Å². The van der Waals surface area contributed by atoms with E-state index in [1.807, 2.05) is 6.07 Å². The van der Waals surface area contributed by atoms with Gasteiger partial charge in [0.1, 0.15) is 5.82 Å². The minimum absolute atomic E-state index is 0.0753. The van der Waals surface area contributed by atoms with Gasteiger partial charge in [0.05, 0.1) is 16.6 Å². The van der Waals surface area contributed by atoms with Gasteiger partial charge >= 0.3 is 0 Å². The number of benzene rings is 3. The molecule has 4 rings (SSSR count). The highest BCUT2D eigenvalue weighted by Crippen LogP contribution is 2.24.